The Kier molecular flexibility index (Phi) is 2.56. The quantitative estimate of drug-likeness (QED) is 0.826. The van der Waals surface area contributed by atoms with Gasteiger partial charge in [-0.1, -0.05) is 25.4 Å². The number of rotatable bonds is 2. The third kappa shape index (κ3) is 1.79. The zero-order valence-corrected chi connectivity index (χ0v) is 9.70. The van der Waals surface area contributed by atoms with Gasteiger partial charge in [0, 0.05) is 13.1 Å². The standard InChI is InChI=1S/C10H15ClN4/c1-7(2)10(12)4-15(5-10)9-8(11)3-13-6-14-9/h3,6-7H,4-5,12H2,1-2H3. The molecule has 0 amide bonds. The van der Waals surface area contributed by atoms with Crippen molar-refractivity contribution in [1.82, 2.24) is 9.97 Å². The van der Waals surface area contributed by atoms with Crippen LogP contribution in [0.3, 0.4) is 0 Å². The van der Waals surface area contributed by atoms with Crippen LogP contribution >= 0.6 is 11.6 Å². The Hall–Kier alpha value is -0.870. The van der Waals surface area contributed by atoms with Gasteiger partial charge in [0.05, 0.1) is 11.7 Å². The van der Waals surface area contributed by atoms with Crippen molar-refractivity contribution in [3.05, 3.63) is 17.5 Å². The van der Waals surface area contributed by atoms with Crippen LogP contribution in [0, 0.1) is 5.92 Å². The third-order valence-electron chi connectivity index (χ3n) is 3.07. The summed E-state index contributed by atoms with van der Waals surface area (Å²) in [5.74, 6) is 1.25. The molecule has 0 aliphatic carbocycles. The Balaban J connectivity index is 2.10. The molecule has 1 aromatic rings. The first kappa shape index (κ1) is 10.6. The molecular weight excluding hydrogens is 212 g/mol. The second kappa shape index (κ2) is 3.61. The highest BCUT2D eigenvalue weighted by Gasteiger charge is 2.43. The van der Waals surface area contributed by atoms with E-state index < -0.39 is 0 Å². The molecule has 0 spiro atoms. The van der Waals surface area contributed by atoms with Crippen molar-refractivity contribution < 1.29 is 0 Å². The first-order valence-corrected chi connectivity index (χ1v) is 5.40. The fraction of sp³-hybridized carbons (Fsp3) is 0.600. The maximum Gasteiger partial charge on any atom is 0.150 e. The molecule has 0 unspecified atom stereocenters. The monoisotopic (exact) mass is 226 g/mol. The van der Waals surface area contributed by atoms with Gasteiger partial charge in [0.15, 0.2) is 5.82 Å². The van der Waals surface area contributed by atoms with E-state index in [1.54, 1.807) is 6.20 Å². The predicted octanol–water partition coefficient (Wildman–Crippen LogP) is 1.30. The van der Waals surface area contributed by atoms with Gasteiger partial charge in [0.2, 0.25) is 0 Å². The lowest BCUT2D eigenvalue weighted by Gasteiger charge is -2.51. The molecule has 0 saturated carbocycles. The SMILES string of the molecule is CC(C)C1(N)CN(c2ncncc2Cl)C1. The lowest BCUT2D eigenvalue weighted by molar-refractivity contribution is 0.243. The summed E-state index contributed by atoms with van der Waals surface area (Å²) in [6, 6.07) is 0. The van der Waals surface area contributed by atoms with E-state index in [9.17, 15) is 0 Å². The molecule has 2 rings (SSSR count). The summed E-state index contributed by atoms with van der Waals surface area (Å²) >= 11 is 6.00. The van der Waals surface area contributed by atoms with Gasteiger partial charge in [0.1, 0.15) is 11.3 Å². The highest BCUT2D eigenvalue weighted by molar-refractivity contribution is 6.32. The Bertz CT molecular complexity index is 360. The molecule has 1 fully saturated rings. The van der Waals surface area contributed by atoms with E-state index in [0.29, 0.717) is 10.9 Å². The van der Waals surface area contributed by atoms with Crippen LogP contribution in [-0.4, -0.2) is 28.6 Å². The lowest BCUT2D eigenvalue weighted by atomic mass is 9.80. The van der Waals surface area contributed by atoms with Crippen LogP contribution in [0.25, 0.3) is 0 Å². The van der Waals surface area contributed by atoms with Gasteiger partial charge in [-0.25, -0.2) is 9.97 Å². The van der Waals surface area contributed by atoms with Gasteiger partial charge in [-0.3, -0.25) is 0 Å². The van der Waals surface area contributed by atoms with Gasteiger partial charge in [0.25, 0.3) is 0 Å². The molecule has 0 aromatic carbocycles. The molecule has 4 nitrogen and oxygen atoms in total. The third-order valence-corrected chi connectivity index (χ3v) is 3.33. The zero-order valence-electron chi connectivity index (χ0n) is 8.94. The van der Waals surface area contributed by atoms with E-state index in [1.165, 1.54) is 6.33 Å². The summed E-state index contributed by atoms with van der Waals surface area (Å²) in [7, 11) is 0. The smallest absolute Gasteiger partial charge is 0.150 e. The average molecular weight is 227 g/mol. The van der Waals surface area contributed by atoms with E-state index in [0.717, 1.165) is 18.9 Å². The summed E-state index contributed by atoms with van der Waals surface area (Å²) in [4.78, 5) is 10.1. The Morgan fingerprint density at radius 1 is 1.53 bits per heavy atom. The molecule has 2 N–H and O–H groups in total. The van der Waals surface area contributed by atoms with E-state index in [2.05, 4.69) is 28.7 Å². The van der Waals surface area contributed by atoms with Crippen molar-refractivity contribution in [3.63, 3.8) is 0 Å². The first-order valence-electron chi connectivity index (χ1n) is 5.02. The number of hydrogen-bond acceptors (Lipinski definition) is 4. The number of nitrogens with two attached hydrogens (primary N) is 1. The van der Waals surface area contributed by atoms with Crippen LogP contribution in [0.4, 0.5) is 5.82 Å². The van der Waals surface area contributed by atoms with Crippen LogP contribution in [0.5, 0.6) is 0 Å². The minimum atomic E-state index is -0.103. The predicted molar refractivity (Wildman–Crippen MR) is 61.0 cm³/mol. The van der Waals surface area contributed by atoms with Crippen molar-refractivity contribution in [2.24, 2.45) is 11.7 Å². The van der Waals surface area contributed by atoms with Crippen LogP contribution in [0.2, 0.25) is 5.02 Å². The number of nitrogens with zero attached hydrogens (tertiary/aromatic N) is 3. The van der Waals surface area contributed by atoms with E-state index >= 15 is 0 Å². The maximum atomic E-state index is 6.20. The number of anilines is 1. The van der Waals surface area contributed by atoms with Gasteiger partial charge in [-0.15, -0.1) is 0 Å². The Morgan fingerprint density at radius 3 is 2.73 bits per heavy atom. The molecule has 2 heterocycles. The Labute approximate surface area is 94.5 Å². The second-order valence-electron chi connectivity index (χ2n) is 4.44. The van der Waals surface area contributed by atoms with Gasteiger partial charge in [-0.05, 0) is 5.92 Å². The minimum absolute atomic E-state index is 0.103. The van der Waals surface area contributed by atoms with Crippen molar-refractivity contribution in [1.29, 1.82) is 0 Å². The second-order valence-corrected chi connectivity index (χ2v) is 4.85. The lowest BCUT2D eigenvalue weighted by Crippen LogP contribution is -2.70. The van der Waals surface area contributed by atoms with Crippen molar-refractivity contribution in [3.8, 4) is 0 Å². The zero-order chi connectivity index (χ0) is 11.1. The topological polar surface area (TPSA) is 55.0 Å². The molecule has 0 bridgehead atoms. The van der Waals surface area contributed by atoms with Crippen molar-refractivity contribution in [2.45, 2.75) is 19.4 Å². The largest absolute Gasteiger partial charge is 0.351 e. The molecular formula is C10H15ClN4. The fourth-order valence-electron chi connectivity index (χ4n) is 1.72. The summed E-state index contributed by atoms with van der Waals surface area (Å²) in [5.41, 5.74) is 6.09. The average Bonchev–Trinajstić information content (AvgIpc) is 2.14. The number of aromatic nitrogens is 2. The molecule has 5 heteroatoms. The van der Waals surface area contributed by atoms with E-state index in [4.69, 9.17) is 17.3 Å². The van der Waals surface area contributed by atoms with Gasteiger partial charge >= 0.3 is 0 Å². The fourth-order valence-corrected chi connectivity index (χ4v) is 1.94. The highest BCUT2D eigenvalue weighted by atomic mass is 35.5. The van der Waals surface area contributed by atoms with Crippen molar-refractivity contribution in [2.75, 3.05) is 18.0 Å². The molecule has 1 aliphatic heterocycles. The van der Waals surface area contributed by atoms with Crippen molar-refractivity contribution >= 4 is 17.4 Å². The van der Waals surface area contributed by atoms with E-state index in [-0.39, 0.29) is 5.54 Å². The summed E-state index contributed by atoms with van der Waals surface area (Å²) in [6.45, 7) is 5.89. The van der Waals surface area contributed by atoms with Crippen LogP contribution in [-0.2, 0) is 0 Å². The van der Waals surface area contributed by atoms with Gasteiger partial charge < -0.3 is 10.6 Å². The summed E-state index contributed by atoms with van der Waals surface area (Å²) in [6.07, 6.45) is 3.11. The molecule has 1 aromatic heterocycles. The molecule has 15 heavy (non-hydrogen) atoms. The molecule has 82 valence electrons. The molecule has 1 saturated heterocycles. The highest BCUT2D eigenvalue weighted by Crippen LogP contribution is 2.32. The molecule has 0 atom stereocenters. The van der Waals surface area contributed by atoms with E-state index in [1.807, 2.05) is 0 Å². The normalized spacial score (nSPS) is 19.1. The molecule has 1 aliphatic rings. The summed E-state index contributed by atoms with van der Waals surface area (Å²) in [5, 5.41) is 0.586. The first-order chi connectivity index (χ1) is 7.03. The van der Waals surface area contributed by atoms with Gasteiger partial charge in [-0.2, -0.15) is 0 Å². The van der Waals surface area contributed by atoms with Crippen LogP contribution < -0.4 is 10.6 Å². The molecule has 0 radical (unpaired) electrons. The number of hydrogen-bond donors (Lipinski definition) is 1. The summed E-state index contributed by atoms with van der Waals surface area (Å²) < 4.78 is 0. The number of halogens is 1. The van der Waals surface area contributed by atoms with Crippen LogP contribution in [0.1, 0.15) is 13.8 Å². The minimum Gasteiger partial charge on any atom is -0.351 e. The Morgan fingerprint density at radius 2 is 2.20 bits per heavy atom. The maximum absolute atomic E-state index is 6.20. The van der Waals surface area contributed by atoms with Crippen LogP contribution in [0.15, 0.2) is 12.5 Å².